The summed E-state index contributed by atoms with van der Waals surface area (Å²) < 4.78 is 0. The minimum Gasteiger partial charge on any atom is -0.508 e. The number of aldehydes is 1. The van der Waals surface area contributed by atoms with Crippen LogP contribution in [0.1, 0.15) is 43.6 Å². The van der Waals surface area contributed by atoms with Crippen molar-refractivity contribution in [2.75, 3.05) is 7.05 Å². The molecule has 0 spiro atoms. The highest BCUT2D eigenvalue weighted by Gasteiger charge is 1.93. The highest BCUT2D eigenvalue weighted by molar-refractivity contribution is 5.75. The fourth-order valence-corrected chi connectivity index (χ4v) is 0.860. The molecule has 3 N–H and O–H groups in total. The number of aromatic hydroxyl groups is 1. The third kappa shape index (κ3) is 10.7. The Morgan fingerprint density at radius 3 is 1.81 bits per heavy atom. The van der Waals surface area contributed by atoms with Crippen LogP contribution < -0.4 is 5.73 Å². The van der Waals surface area contributed by atoms with Gasteiger partial charge in [0, 0.05) is 5.56 Å². The van der Waals surface area contributed by atoms with Crippen LogP contribution in [-0.4, -0.2) is 18.4 Å². The molecule has 0 aromatic heterocycles. The second-order valence-corrected chi connectivity index (χ2v) is 2.22. The smallest absolute Gasteiger partial charge is 0.150 e. The number of benzene rings is 1. The van der Waals surface area contributed by atoms with E-state index in [0.717, 1.165) is 5.56 Å². The molecule has 16 heavy (non-hydrogen) atoms. The van der Waals surface area contributed by atoms with Crippen LogP contribution in [0.15, 0.2) is 18.2 Å². The maximum Gasteiger partial charge on any atom is 0.150 e. The number of hydrogen-bond acceptors (Lipinski definition) is 3. The van der Waals surface area contributed by atoms with E-state index in [9.17, 15) is 4.79 Å². The first-order valence-electron chi connectivity index (χ1n) is 5.56. The normalized spacial score (nSPS) is 6.94. The fourth-order valence-electron chi connectivity index (χ4n) is 0.860. The average Bonchev–Trinajstić information content (AvgIpc) is 2.35. The molecular weight excluding hydrogens is 202 g/mol. The summed E-state index contributed by atoms with van der Waals surface area (Å²) >= 11 is 0. The summed E-state index contributed by atoms with van der Waals surface area (Å²) in [5.41, 5.74) is 5.90. The van der Waals surface area contributed by atoms with Gasteiger partial charge in [0.1, 0.15) is 12.0 Å². The Kier molecular flexibility index (Phi) is 20.2. The van der Waals surface area contributed by atoms with Gasteiger partial charge in [-0.05, 0) is 37.7 Å². The van der Waals surface area contributed by atoms with Crippen molar-refractivity contribution in [2.45, 2.75) is 34.6 Å². The maximum atomic E-state index is 10.2. The van der Waals surface area contributed by atoms with Gasteiger partial charge in [0.2, 0.25) is 0 Å². The first-order chi connectivity index (χ1) is 7.72. The molecule has 3 nitrogen and oxygen atoms in total. The van der Waals surface area contributed by atoms with Gasteiger partial charge in [-0.25, -0.2) is 0 Å². The first kappa shape index (κ1) is 20.1. The number of rotatable bonds is 1. The summed E-state index contributed by atoms with van der Waals surface area (Å²) in [5, 5.41) is 8.97. The second kappa shape index (κ2) is 16.1. The minimum atomic E-state index is 0.141. The third-order valence-electron chi connectivity index (χ3n) is 1.22. The highest BCUT2D eigenvalue weighted by atomic mass is 16.3. The molecule has 0 saturated heterocycles. The largest absolute Gasteiger partial charge is 0.508 e. The maximum absolute atomic E-state index is 10.2. The molecule has 1 aromatic carbocycles. The van der Waals surface area contributed by atoms with Gasteiger partial charge in [-0.3, -0.25) is 4.79 Å². The summed E-state index contributed by atoms with van der Waals surface area (Å²) in [4.78, 5) is 10.2. The molecule has 0 aliphatic rings. The predicted molar refractivity (Wildman–Crippen MR) is 71.0 cm³/mol. The van der Waals surface area contributed by atoms with Crippen molar-refractivity contribution in [3.05, 3.63) is 29.3 Å². The fraction of sp³-hybridized carbons (Fsp3) is 0.462. The van der Waals surface area contributed by atoms with Gasteiger partial charge in [0.15, 0.2) is 0 Å². The van der Waals surface area contributed by atoms with E-state index in [1.165, 1.54) is 13.1 Å². The number of carbonyl (C=O) groups is 1. The zero-order valence-electron chi connectivity index (χ0n) is 11.2. The van der Waals surface area contributed by atoms with Gasteiger partial charge < -0.3 is 10.8 Å². The van der Waals surface area contributed by atoms with E-state index in [2.05, 4.69) is 5.73 Å². The lowest BCUT2D eigenvalue weighted by Gasteiger charge is -1.95. The lowest BCUT2D eigenvalue weighted by atomic mass is 10.1. The zero-order chi connectivity index (χ0) is 13.6. The van der Waals surface area contributed by atoms with Crippen molar-refractivity contribution in [2.24, 2.45) is 5.73 Å². The topological polar surface area (TPSA) is 63.3 Å². The molecule has 0 radical (unpaired) electrons. The molecular formula is C13H25NO2. The van der Waals surface area contributed by atoms with E-state index >= 15 is 0 Å². The van der Waals surface area contributed by atoms with Gasteiger partial charge in [-0.1, -0.05) is 27.7 Å². The Bertz CT molecular complexity index is 240. The summed E-state index contributed by atoms with van der Waals surface area (Å²) in [6.45, 7) is 9.83. The monoisotopic (exact) mass is 227 g/mol. The summed E-state index contributed by atoms with van der Waals surface area (Å²) in [5.74, 6) is 0.141. The van der Waals surface area contributed by atoms with Crippen molar-refractivity contribution >= 4 is 6.29 Å². The van der Waals surface area contributed by atoms with Gasteiger partial charge in [0.25, 0.3) is 0 Å². The van der Waals surface area contributed by atoms with Crippen LogP contribution in [0.25, 0.3) is 0 Å². The van der Waals surface area contributed by atoms with Gasteiger partial charge in [0.05, 0.1) is 0 Å². The number of nitrogens with two attached hydrogens (primary N) is 1. The van der Waals surface area contributed by atoms with E-state index in [1.807, 2.05) is 34.6 Å². The Hall–Kier alpha value is -1.35. The Balaban J connectivity index is -0.000000245. The molecule has 94 valence electrons. The van der Waals surface area contributed by atoms with Crippen LogP contribution in [0.2, 0.25) is 0 Å². The molecule has 0 amide bonds. The predicted octanol–water partition coefficient (Wildman–Crippen LogP) is 3.14. The van der Waals surface area contributed by atoms with E-state index < -0.39 is 0 Å². The first-order valence-corrected chi connectivity index (χ1v) is 5.56. The summed E-state index contributed by atoms with van der Waals surface area (Å²) in [7, 11) is 1.50. The molecule has 0 aliphatic heterocycles. The van der Waals surface area contributed by atoms with Crippen molar-refractivity contribution in [3.8, 4) is 5.75 Å². The number of hydrogen-bond donors (Lipinski definition) is 2. The average molecular weight is 227 g/mol. The summed E-state index contributed by atoms with van der Waals surface area (Å²) in [6.07, 6.45) is 0.715. The van der Waals surface area contributed by atoms with Gasteiger partial charge >= 0.3 is 0 Å². The van der Waals surface area contributed by atoms with Crippen LogP contribution >= 0.6 is 0 Å². The Morgan fingerprint density at radius 2 is 1.50 bits per heavy atom. The number of phenolic OH excluding ortho intramolecular Hbond substituents is 1. The summed E-state index contributed by atoms with van der Waals surface area (Å²) in [6, 6.07) is 4.75. The van der Waals surface area contributed by atoms with E-state index in [0.29, 0.717) is 11.8 Å². The third-order valence-corrected chi connectivity index (χ3v) is 1.22. The molecule has 1 aromatic rings. The van der Waals surface area contributed by atoms with Crippen LogP contribution in [0.3, 0.4) is 0 Å². The standard InChI is InChI=1S/C8H8O2.2C2H6.CH5N/c1-6-2-7(5-9)4-8(10)3-6;3*1-2/h2-5,10H,1H3;2*1-2H3;2H2,1H3. The van der Waals surface area contributed by atoms with E-state index in [-0.39, 0.29) is 5.75 Å². The van der Waals surface area contributed by atoms with Gasteiger partial charge in [-0.2, -0.15) is 0 Å². The quantitative estimate of drug-likeness (QED) is 0.724. The van der Waals surface area contributed by atoms with Gasteiger partial charge in [-0.15, -0.1) is 0 Å². The molecule has 1 rings (SSSR count). The molecule has 0 aliphatic carbocycles. The molecule has 0 bridgehead atoms. The number of phenols is 1. The lowest BCUT2D eigenvalue weighted by Crippen LogP contribution is -1.80. The molecule has 0 unspecified atom stereocenters. The van der Waals surface area contributed by atoms with Crippen LogP contribution in [0.5, 0.6) is 5.75 Å². The zero-order valence-corrected chi connectivity index (χ0v) is 11.2. The van der Waals surface area contributed by atoms with E-state index in [4.69, 9.17) is 5.11 Å². The number of carbonyl (C=O) groups excluding carboxylic acids is 1. The lowest BCUT2D eigenvalue weighted by molar-refractivity contribution is 0.112. The van der Waals surface area contributed by atoms with Crippen LogP contribution in [0, 0.1) is 6.92 Å². The van der Waals surface area contributed by atoms with Crippen molar-refractivity contribution in [1.82, 2.24) is 0 Å². The number of aryl methyl sites for hydroxylation is 1. The van der Waals surface area contributed by atoms with Crippen molar-refractivity contribution in [1.29, 1.82) is 0 Å². The molecule has 3 heteroatoms. The minimum absolute atomic E-state index is 0.141. The van der Waals surface area contributed by atoms with Crippen molar-refractivity contribution in [3.63, 3.8) is 0 Å². The molecule has 0 heterocycles. The Morgan fingerprint density at radius 1 is 1.06 bits per heavy atom. The second-order valence-electron chi connectivity index (χ2n) is 2.22. The van der Waals surface area contributed by atoms with Crippen molar-refractivity contribution < 1.29 is 9.90 Å². The van der Waals surface area contributed by atoms with E-state index in [1.54, 1.807) is 12.1 Å². The molecule has 0 fully saturated rings. The Labute approximate surface area is 99.3 Å². The molecule has 0 atom stereocenters. The van der Waals surface area contributed by atoms with Crippen LogP contribution in [0.4, 0.5) is 0 Å². The van der Waals surface area contributed by atoms with Crippen LogP contribution in [-0.2, 0) is 0 Å². The SMILES string of the molecule is CC.CC.CN.Cc1cc(O)cc(C=O)c1. The molecule has 0 saturated carbocycles. The highest BCUT2D eigenvalue weighted by Crippen LogP contribution is 2.12.